The molecule has 0 spiro atoms. The number of fused-ring (bicyclic) bond motifs is 2. The minimum absolute atomic E-state index is 0.0722. The fourth-order valence-corrected chi connectivity index (χ4v) is 12.5. The molecule has 4 aliphatic rings. The van der Waals surface area contributed by atoms with Crippen LogP contribution < -0.4 is 30.3 Å². The van der Waals surface area contributed by atoms with E-state index in [1.165, 1.54) is 25.9 Å². The quantitative estimate of drug-likeness (QED) is 0.0608. The van der Waals surface area contributed by atoms with Gasteiger partial charge in [-0.2, -0.15) is 5.10 Å². The average Bonchev–Trinajstić information content (AvgIpc) is 4.07. The van der Waals surface area contributed by atoms with Crippen molar-refractivity contribution in [2.75, 3.05) is 43.5 Å². The van der Waals surface area contributed by atoms with E-state index in [1.807, 2.05) is 32.0 Å². The topological polar surface area (TPSA) is 267 Å². The minimum Gasteiger partial charge on any atom is -0.492 e. The zero-order valence-corrected chi connectivity index (χ0v) is 46.6. The van der Waals surface area contributed by atoms with Crippen molar-refractivity contribution in [1.82, 2.24) is 50.6 Å². The summed E-state index contributed by atoms with van der Waals surface area (Å²) in [6.45, 7) is 12.1. The highest BCUT2D eigenvalue weighted by Crippen LogP contribution is 2.39. The Balaban J connectivity index is 0.846. The van der Waals surface area contributed by atoms with Gasteiger partial charge in [-0.1, -0.05) is 43.5 Å². The van der Waals surface area contributed by atoms with E-state index in [9.17, 15) is 32.7 Å². The van der Waals surface area contributed by atoms with Gasteiger partial charge in [-0.05, 0) is 122 Å². The number of hydrogen-bond acceptors (Lipinski definition) is 15. The molecule has 5 N–H and O–H groups in total. The highest BCUT2D eigenvalue weighted by Gasteiger charge is 2.46. The van der Waals surface area contributed by atoms with Gasteiger partial charge in [-0.3, -0.25) is 24.4 Å². The number of amides is 4. The van der Waals surface area contributed by atoms with Gasteiger partial charge in [0.15, 0.2) is 21.4 Å². The third-order valence-electron chi connectivity index (χ3n) is 16.4. The SMILES string of the molecule is Cc1[nH]nc(Nc2ncnc3cc(OCCC4CCN(c5ncc(O[C@H]6C[C@@H](C(=O)N[C@@H]7CCCc8ccccc87)N(C(=O)[C@@H](NC(=O)[C@H](C)N(C)C(=O)O)C7CCCCC7)C6)cn5)CC4)c(S(=O)(=O)C(C)(C)C)cc23)c1C. The lowest BCUT2D eigenvalue weighted by atomic mass is 9.83. The molecule has 5 heterocycles. The van der Waals surface area contributed by atoms with Crippen molar-refractivity contribution < 1.29 is 42.2 Å². The van der Waals surface area contributed by atoms with Gasteiger partial charge in [0, 0.05) is 49.3 Å². The van der Waals surface area contributed by atoms with Gasteiger partial charge in [-0.25, -0.2) is 33.1 Å². The number of carboxylic acid groups (broad SMARTS) is 1. The van der Waals surface area contributed by atoms with Crippen LogP contribution in [0.25, 0.3) is 10.9 Å². The van der Waals surface area contributed by atoms with Crippen LogP contribution in [-0.2, 0) is 30.6 Å². The Kier molecular flexibility index (Phi) is 16.7. The third-order valence-corrected chi connectivity index (χ3v) is 18.9. The van der Waals surface area contributed by atoms with Crippen LogP contribution in [0.2, 0.25) is 0 Å². The summed E-state index contributed by atoms with van der Waals surface area (Å²) in [4.78, 5) is 77.8. The van der Waals surface area contributed by atoms with Crippen molar-refractivity contribution in [2.45, 2.75) is 159 Å². The molecular weight excluding hydrogens is 1020 g/mol. The molecule has 22 heteroatoms. The van der Waals surface area contributed by atoms with E-state index in [0.29, 0.717) is 79.1 Å². The number of H-pyrrole nitrogens is 1. The second-order valence-corrected chi connectivity index (χ2v) is 25.1. The Morgan fingerprint density at radius 1 is 0.936 bits per heavy atom. The first kappa shape index (κ1) is 55.6. The predicted octanol–water partition coefficient (Wildman–Crippen LogP) is 7.37. The van der Waals surface area contributed by atoms with Gasteiger partial charge >= 0.3 is 6.09 Å². The van der Waals surface area contributed by atoms with Crippen LogP contribution in [0.4, 0.5) is 22.4 Å². The number of carbonyl (C=O) groups excluding carboxylic acids is 3. The Labute approximate surface area is 456 Å². The number of likely N-dealkylation sites (N-methyl/N-ethyl adjacent to an activating group) is 1. The number of rotatable bonds is 17. The molecule has 3 aromatic heterocycles. The van der Waals surface area contributed by atoms with E-state index in [-0.39, 0.29) is 41.5 Å². The number of aromatic amines is 1. The minimum atomic E-state index is -3.86. The van der Waals surface area contributed by atoms with Gasteiger partial charge in [0.2, 0.25) is 23.7 Å². The van der Waals surface area contributed by atoms with Crippen LogP contribution in [0.15, 0.2) is 60.0 Å². The largest absolute Gasteiger partial charge is 0.492 e. The maximum absolute atomic E-state index is 14.9. The summed E-state index contributed by atoms with van der Waals surface area (Å²) in [6, 6.07) is 8.23. The maximum Gasteiger partial charge on any atom is 0.407 e. The van der Waals surface area contributed by atoms with Crippen molar-refractivity contribution in [3.05, 3.63) is 77.5 Å². The molecule has 21 nitrogen and oxygen atoms in total. The molecule has 1 saturated carbocycles. The van der Waals surface area contributed by atoms with E-state index >= 15 is 0 Å². The zero-order valence-electron chi connectivity index (χ0n) is 45.8. The van der Waals surface area contributed by atoms with Crippen molar-refractivity contribution in [1.29, 1.82) is 0 Å². The van der Waals surface area contributed by atoms with Gasteiger partial charge in [0.1, 0.15) is 47.0 Å². The van der Waals surface area contributed by atoms with E-state index in [0.717, 1.165) is 73.1 Å². The average molecular weight is 1090 g/mol. The van der Waals surface area contributed by atoms with Gasteiger partial charge < -0.3 is 40.3 Å². The zero-order chi connectivity index (χ0) is 55.5. The highest BCUT2D eigenvalue weighted by molar-refractivity contribution is 7.92. The molecular formula is C56H74N12O9S. The Morgan fingerprint density at radius 2 is 1.67 bits per heavy atom. The second-order valence-electron chi connectivity index (χ2n) is 22.5. The van der Waals surface area contributed by atoms with E-state index < -0.39 is 56.7 Å². The molecule has 5 aromatic rings. The molecule has 0 radical (unpaired) electrons. The Bertz CT molecular complexity index is 3100. The lowest BCUT2D eigenvalue weighted by molar-refractivity contribution is -0.143. The van der Waals surface area contributed by atoms with Crippen molar-refractivity contribution in [3.8, 4) is 11.5 Å². The lowest BCUT2D eigenvalue weighted by Crippen LogP contribution is -2.58. The molecule has 2 saturated heterocycles. The number of anilines is 3. The first-order chi connectivity index (χ1) is 37.3. The Morgan fingerprint density at radius 3 is 2.36 bits per heavy atom. The summed E-state index contributed by atoms with van der Waals surface area (Å²) in [5, 5.41) is 26.9. The molecule has 4 amide bonds. The summed E-state index contributed by atoms with van der Waals surface area (Å²) >= 11 is 0. The monoisotopic (exact) mass is 1090 g/mol. The van der Waals surface area contributed by atoms with Gasteiger partial charge in [-0.15, -0.1) is 0 Å². The fraction of sp³-hybridized carbons (Fsp3) is 0.554. The van der Waals surface area contributed by atoms with Crippen LogP contribution in [0.3, 0.4) is 0 Å². The van der Waals surface area contributed by atoms with Crippen molar-refractivity contribution >= 4 is 62.1 Å². The fourth-order valence-electron chi connectivity index (χ4n) is 11.2. The molecule has 5 atom stereocenters. The summed E-state index contributed by atoms with van der Waals surface area (Å²) in [6.07, 6.45) is 12.2. The summed E-state index contributed by atoms with van der Waals surface area (Å²) in [7, 11) is -2.54. The van der Waals surface area contributed by atoms with E-state index in [2.05, 4.69) is 47.1 Å². The Hall–Kier alpha value is -7.10. The number of piperidine rings is 1. The summed E-state index contributed by atoms with van der Waals surface area (Å²) in [5.74, 6) is 1.03. The maximum atomic E-state index is 14.9. The number of likely N-dealkylation sites (tertiary alicyclic amines) is 1. The van der Waals surface area contributed by atoms with Crippen LogP contribution >= 0.6 is 0 Å². The number of aryl methyl sites for hydroxylation is 2. The first-order valence-electron chi connectivity index (χ1n) is 27.4. The molecule has 2 aliphatic heterocycles. The first-order valence-corrected chi connectivity index (χ1v) is 28.9. The van der Waals surface area contributed by atoms with Crippen molar-refractivity contribution in [2.24, 2.45) is 11.8 Å². The molecule has 78 heavy (non-hydrogen) atoms. The number of carbonyl (C=O) groups is 4. The molecule has 0 unspecified atom stereocenters. The molecule has 0 bridgehead atoms. The number of nitrogens with zero attached hydrogens (tertiary/aromatic N) is 8. The van der Waals surface area contributed by atoms with Crippen molar-refractivity contribution in [3.63, 3.8) is 0 Å². The standard InChI is InChI=1S/C56H74N12O9S/c1-33-34(2)64-65-49(33)63-50-42-27-47(78(74,75)56(4,5)6)46(28-44(42)59-32-60-50)76-25-22-36-20-23-67(24-21-36)54-57-29-40(30-58-54)77-39-26-45(52(70)61-43-19-13-17-37-14-11-12-18-41(37)43)68(31-39)53(71)48(38-15-9-8-10-16-38)62-51(69)35(3)66(7)55(72)73/h11-12,14,18,27-30,32,35-36,38-39,43,45,48H,8-10,13,15-17,19-26,31H2,1-7H3,(H,61,70)(H,62,69)(H,72,73)(H2,59,60,63,64,65)/t35-,39-,43+,45-,48-/m0/s1. The number of hydrogen-bond donors (Lipinski definition) is 5. The summed E-state index contributed by atoms with van der Waals surface area (Å²) in [5.41, 5.74) is 4.60. The van der Waals surface area contributed by atoms with Crippen LogP contribution in [0.5, 0.6) is 11.5 Å². The summed E-state index contributed by atoms with van der Waals surface area (Å²) < 4.78 is 39.9. The number of benzene rings is 2. The van der Waals surface area contributed by atoms with Crippen LogP contribution in [-0.4, -0.2) is 140 Å². The molecule has 9 rings (SSSR count). The number of ether oxygens (including phenoxy) is 2. The highest BCUT2D eigenvalue weighted by atomic mass is 32.2. The molecule has 2 aromatic carbocycles. The molecule has 418 valence electrons. The van der Waals surface area contributed by atoms with Gasteiger partial charge in [0.25, 0.3) is 0 Å². The third kappa shape index (κ3) is 12.1. The van der Waals surface area contributed by atoms with Gasteiger partial charge in [0.05, 0.1) is 41.9 Å². The number of nitrogens with one attached hydrogen (secondary N) is 4. The predicted molar refractivity (Wildman–Crippen MR) is 293 cm³/mol. The normalized spacial score (nSPS) is 20.1. The second kappa shape index (κ2) is 23.5. The van der Waals surface area contributed by atoms with Crippen LogP contribution in [0.1, 0.15) is 127 Å². The van der Waals surface area contributed by atoms with E-state index in [1.54, 1.807) is 50.2 Å². The number of sulfone groups is 1. The lowest BCUT2D eigenvalue weighted by Gasteiger charge is -2.36. The van der Waals surface area contributed by atoms with E-state index in [4.69, 9.17) is 19.4 Å². The molecule has 3 fully saturated rings. The number of aromatic nitrogens is 6. The van der Waals surface area contributed by atoms with Crippen LogP contribution in [0, 0.1) is 25.7 Å². The smallest absolute Gasteiger partial charge is 0.407 e. The molecule has 2 aliphatic carbocycles.